The molecule has 64 heavy (non-hydrogen) atoms. The lowest BCUT2D eigenvalue weighted by molar-refractivity contribution is 0.437. The Morgan fingerprint density at radius 3 is 1.38 bits per heavy atom. The zero-order valence-corrected chi connectivity index (χ0v) is 34.5. The summed E-state index contributed by atoms with van der Waals surface area (Å²) in [5, 5.41) is 3.30. The molecule has 5 nitrogen and oxygen atoms in total. The SMILES string of the molecule is c1ccc(-c2nc(-c3ccccc3)nc(-c3ccc(-c4ccc(-c5nc6ccccc6c6cc7c(cc56)Oc5ccccc5C75c6ccccc6-c6ccccc65)cc4)cc3)n2)cc1. The Balaban J connectivity index is 0.915. The molecule has 1 spiro atoms. The number of hydrogen-bond acceptors (Lipinski definition) is 5. The van der Waals surface area contributed by atoms with Crippen LogP contribution in [0.25, 0.3) is 89.4 Å². The fraction of sp³-hybridized carbons (Fsp3) is 0.0169. The van der Waals surface area contributed by atoms with E-state index in [-0.39, 0.29) is 0 Å². The molecular formula is C59H36N4O. The molecule has 9 aromatic carbocycles. The molecule has 2 aliphatic rings. The number of para-hydroxylation sites is 2. The maximum Gasteiger partial charge on any atom is 0.164 e. The van der Waals surface area contributed by atoms with Gasteiger partial charge in [-0.15, -0.1) is 0 Å². The standard InChI is InChI=1S/C59H36N4O/c1-3-15-40(16-4-1)56-61-57(41-17-5-2-6-18-41)63-58(62-56)42-33-29-38(30-34-42)37-27-31-39(32-28-37)55-47-36-54-51(35-46(47)45-21-9-13-25-52(45)60-55)59(50-24-12-14-26-53(50)64-54)48-22-10-7-19-43(48)44-20-8-11-23-49(44)59/h1-36H. The van der Waals surface area contributed by atoms with Crippen molar-refractivity contribution in [3.8, 4) is 79.2 Å². The van der Waals surface area contributed by atoms with Gasteiger partial charge in [-0.05, 0) is 63.0 Å². The average Bonchev–Trinajstić information content (AvgIpc) is 3.66. The summed E-state index contributed by atoms with van der Waals surface area (Å²) in [7, 11) is 0. The molecule has 0 saturated heterocycles. The van der Waals surface area contributed by atoms with Crippen molar-refractivity contribution in [2.24, 2.45) is 0 Å². The molecule has 0 unspecified atom stereocenters. The van der Waals surface area contributed by atoms with Crippen molar-refractivity contribution < 1.29 is 4.74 Å². The molecule has 11 aromatic rings. The van der Waals surface area contributed by atoms with Crippen molar-refractivity contribution in [2.75, 3.05) is 0 Å². The lowest BCUT2D eigenvalue weighted by Gasteiger charge is -2.39. The van der Waals surface area contributed by atoms with Gasteiger partial charge in [0.05, 0.1) is 16.6 Å². The first kappa shape index (κ1) is 36.1. The number of pyridine rings is 1. The summed E-state index contributed by atoms with van der Waals surface area (Å²) in [6.07, 6.45) is 0. The number of benzene rings is 9. The van der Waals surface area contributed by atoms with Gasteiger partial charge >= 0.3 is 0 Å². The van der Waals surface area contributed by atoms with Crippen LogP contribution in [0.1, 0.15) is 22.3 Å². The Kier molecular flexibility index (Phi) is 8.06. The third-order valence-corrected chi connectivity index (χ3v) is 13.0. The minimum atomic E-state index is -0.550. The van der Waals surface area contributed by atoms with E-state index in [9.17, 15) is 0 Å². The summed E-state index contributed by atoms with van der Waals surface area (Å²) in [5.74, 6) is 3.63. The Morgan fingerprint density at radius 1 is 0.297 bits per heavy atom. The summed E-state index contributed by atoms with van der Waals surface area (Å²) in [4.78, 5) is 20.1. The van der Waals surface area contributed by atoms with Gasteiger partial charge < -0.3 is 4.74 Å². The van der Waals surface area contributed by atoms with Gasteiger partial charge in [0, 0.05) is 44.2 Å². The molecule has 3 heterocycles. The molecule has 0 atom stereocenters. The highest BCUT2D eigenvalue weighted by Crippen LogP contribution is 2.62. The first-order valence-corrected chi connectivity index (χ1v) is 21.6. The number of aromatic nitrogens is 4. The highest BCUT2D eigenvalue weighted by molar-refractivity contribution is 6.12. The smallest absolute Gasteiger partial charge is 0.164 e. The zero-order chi connectivity index (χ0) is 42.2. The van der Waals surface area contributed by atoms with Gasteiger partial charge in [-0.2, -0.15) is 0 Å². The second-order valence-electron chi connectivity index (χ2n) is 16.5. The number of fused-ring (bicyclic) bond motifs is 12. The van der Waals surface area contributed by atoms with Gasteiger partial charge in [0.2, 0.25) is 0 Å². The lowest BCUT2D eigenvalue weighted by Crippen LogP contribution is -2.32. The van der Waals surface area contributed by atoms with Crippen LogP contribution in [-0.4, -0.2) is 19.9 Å². The Morgan fingerprint density at radius 2 is 0.766 bits per heavy atom. The molecule has 0 N–H and O–H groups in total. The van der Waals surface area contributed by atoms with Crippen LogP contribution in [0, 0.1) is 0 Å². The monoisotopic (exact) mass is 816 g/mol. The Hall–Kier alpha value is -8.54. The van der Waals surface area contributed by atoms with Gasteiger partial charge in [0.1, 0.15) is 11.5 Å². The Labute approximate surface area is 370 Å². The molecule has 2 aromatic heterocycles. The van der Waals surface area contributed by atoms with Crippen LogP contribution in [-0.2, 0) is 5.41 Å². The predicted molar refractivity (Wildman–Crippen MR) is 257 cm³/mol. The van der Waals surface area contributed by atoms with E-state index in [2.05, 4.69) is 158 Å². The van der Waals surface area contributed by atoms with Crippen molar-refractivity contribution >= 4 is 21.7 Å². The molecule has 1 aliphatic carbocycles. The summed E-state index contributed by atoms with van der Waals surface area (Å²) < 4.78 is 6.94. The van der Waals surface area contributed by atoms with Gasteiger partial charge in [-0.3, -0.25) is 0 Å². The molecule has 1 aliphatic heterocycles. The van der Waals surface area contributed by atoms with Gasteiger partial charge in [-0.1, -0.05) is 194 Å². The van der Waals surface area contributed by atoms with Crippen LogP contribution in [0.15, 0.2) is 218 Å². The maximum absolute atomic E-state index is 6.94. The van der Waals surface area contributed by atoms with Crippen molar-refractivity contribution in [3.05, 3.63) is 241 Å². The van der Waals surface area contributed by atoms with Crippen LogP contribution < -0.4 is 4.74 Å². The van der Waals surface area contributed by atoms with E-state index in [1.807, 2.05) is 60.7 Å². The number of rotatable bonds is 5. The van der Waals surface area contributed by atoms with Crippen LogP contribution in [0.4, 0.5) is 0 Å². The largest absolute Gasteiger partial charge is 0.457 e. The quantitative estimate of drug-likeness (QED) is 0.162. The normalized spacial score (nSPS) is 12.9. The molecule has 0 radical (unpaired) electrons. The predicted octanol–water partition coefficient (Wildman–Crippen LogP) is 14.4. The van der Waals surface area contributed by atoms with E-state index in [0.29, 0.717) is 17.5 Å². The minimum Gasteiger partial charge on any atom is -0.457 e. The van der Waals surface area contributed by atoms with E-state index in [0.717, 1.165) is 83.4 Å². The minimum absolute atomic E-state index is 0.550. The number of nitrogens with zero attached hydrogens (tertiary/aromatic N) is 4. The molecule has 0 fully saturated rings. The van der Waals surface area contributed by atoms with E-state index in [1.165, 1.54) is 22.3 Å². The first-order valence-electron chi connectivity index (χ1n) is 21.6. The second-order valence-corrected chi connectivity index (χ2v) is 16.5. The number of ether oxygens (including phenoxy) is 1. The number of hydrogen-bond donors (Lipinski definition) is 0. The molecule has 13 rings (SSSR count). The molecule has 0 amide bonds. The third kappa shape index (κ3) is 5.51. The summed E-state index contributed by atoms with van der Waals surface area (Å²) in [6.45, 7) is 0. The first-order chi connectivity index (χ1) is 31.7. The van der Waals surface area contributed by atoms with Gasteiger partial charge in [-0.25, -0.2) is 19.9 Å². The van der Waals surface area contributed by atoms with E-state index >= 15 is 0 Å². The van der Waals surface area contributed by atoms with E-state index in [1.54, 1.807) is 0 Å². The molecule has 298 valence electrons. The fourth-order valence-corrected chi connectivity index (χ4v) is 10.1. The van der Waals surface area contributed by atoms with Gasteiger partial charge in [0.25, 0.3) is 0 Å². The van der Waals surface area contributed by atoms with Gasteiger partial charge in [0.15, 0.2) is 17.5 Å². The van der Waals surface area contributed by atoms with E-state index in [4.69, 9.17) is 24.7 Å². The average molecular weight is 817 g/mol. The van der Waals surface area contributed by atoms with Crippen LogP contribution in [0.2, 0.25) is 0 Å². The molecule has 0 saturated carbocycles. The third-order valence-electron chi connectivity index (χ3n) is 13.0. The highest BCUT2D eigenvalue weighted by atomic mass is 16.5. The summed E-state index contributed by atoms with van der Waals surface area (Å²) in [6, 6.07) is 76.7. The maximum atomic E-state index is 6.94. The van der Waals surface area contributed by atoms with Crippen LogP contribution >= 0.6 is 0 Å². The Bertz CT molecular complexity index is 3520. The van der Waals surface area contributed by atoms with Crippen molar-refractivity contribution in [1.29, 1.82) is 0 Å². The van der Waals surface area contributed by atoms with Crippen LogP contribution in [0.3, 0.4) is 0 Å². The van der Waals surface area contributed by atoms with Crippen molar-refractivity contribution in [2.45, 2.75) is 5.41 Å². The van der Waals surface area contributed by atoms with Crippen molar-refractivity contribution in [1.82, 2.24) is 19.9 Å². The highest BCUT2D eigenvalue weighted by Gasteiger charge is 2.51. The van der Waals surface area contributed by atoms with Crippen molar-refractivity contribution in [3.63, 3.8) is 0 Å². The topological polar surface area (TPSA) is 60.8 Å². The zero-order valence-electron chi connectivity index (χ0n) is 34.5. The lowest BCUT2D eigenvalue weighted by atomic mass is 9.65. The van der Waals surface area contributed by atoms with E-state index < -0.39 is 5.41 Å². The summed E-state index contributed by atoms with van der Waals surface area (Å²) in [5.41, 5.74) is 14.7. The van der Waals surface area contributed by atoms with Crippen LogP contribution in [0.5, 0.6) is 11.5 Å². The second kappa shape index (κ2) is 14.3. The molecule has 0 bridgehead atoms. The molecule has 5 heteroatoms. The fourth-order valence-electron chi connectivity index (χ4n) is 10.1. The molecular weight excluding hydrogens is 781 g/mol. The summed E-state index contributed by atoms with van der Waals surface area (Å²) >= 11 is 0.